The molecule has 0 aliphatic carbocycles. The van der Waals surface area contributed by atoms with Crippen LogP contribution < -0.4 is 11.4 Å². The Balaban J connectivity index is 1.68. The van der Waals surface area contributed by atoms with E-state index in [0.29, 0.717) is 31.6 Å². The summed E-state index contributed by atoms with van der Waals surface area (Å²) in [7, 11) is 0. The van der Waals surface area contributed by atoms with E-state index < -0.39 is 0 Å². The molecule has 2 aromatic rings. The van der Waals surface area contributed by atoms with Crippen LogP contribution in [0.4, 0.5) is 0 Å². The molecular formula is C33H58N4O5. The van der Waals surface area contributed by atoms with Crippen molar-refractivity contribution in [2.24, 2.45) is 10.8 Å². The molecule has 0 spiro atoms. The summed E-state index contributed by atoms with van der Waals surface area (Å²) >= 11 is 0. The number of rotatable bonds is 23. The molecule has 9 nitrogen and oxygen atoms in total. The van der Waals surface area contributed by atoms with Gasteiger partial charge >= 0.3 is 11.4 Å². The largest absolute Gasteiger partial charge is 0.493 e. The maximum atomic E-state index is 12.6. The SMILES string of the molecule is C=CC(CC)(CCCCOCCCCC(CC)(CC)CCCCn1c(O)cn(CC)c1=O)Cn1c(O)cn(CC)c1=O. The summed E-state index contributed by atoms with van der Waals surface area (Å²) in [5.41, 5.74) is -0.211. The highest BCUT2D eigenvalue weighted by Crippen LogP contribution is 2.38. The number of hydrogen-bond donors (Lipinski definition) is 2. The molecule has 0 aliphatic rings. The second-order valence-corrected chi connectivity index (χ2v) is 12.0. The number of aryl methyl sites for hydroxylation is 2. The number of imidazole rings is 2. The highest BCUT2D eigenvalue weighted by atomic mass is 16.5. The molecule has 2 aromatic heterocycles. The summed E-state index contributed by atoms with van der Waals surface area (Å²) in [4.78, 5) is 24.9. The van der Waals surface area contributed by atoms with E-state index >= 15 is 0 Å². The molecule has 2 N–H and O–H groups in total. The van der Waals surface area contributed by atoms with Gasteiger partial charge in [-0.05, 0) is 64.2 Å². The summed E-state index contributed by atoms with van der Waals surface area (Å²) < 4.78 is 12.0. The third-order valence-electron chi connectivity index (χ3n) is 9.64. The zero-order chi connectivity index (χ0) is 31.2. The fourth-order valence-electron chi connectivity index (χ4n) is 6.18. The predicted octanol–water partition coefficient (Wildman–Crippen LogP) is 6.68. The summed E-state index contributed by atoms with van der Waals surface area (Å²) in [6.45, 7) is 18.1. The first-order valence-corrected chi connectivity index (χ1v) is 16.3. The molecule has 0 fully saturated rings. The van der Waals surface area contributed by atoms with E-state index in [1.165, 1.54) is 32.5 Å². The van der Waals surface area contributed by atoms with Gasteiger partial charge < -0.3 is 14.9 Å². The highest BCUT2D eigenvalue weighted by Gasteiger charge is 2.27. The van der Waals surface area contributed by atoms with E-state index in [2.05, 4.69) is 27.4 Å². The van der Waals surface area contributed by atoms with Crippen LogP contribution in [0.3, 0.4) is 0 Å². The van der Waals surface area contributed by atoms with Gasteiger partial charge in [-0.2, -0.15) is 0 Å². The Morgan fingerprint density at radius 1 is 0.738 bits per heavy atom. The van der Waals surface area contributed by atoms with Crippen LogP contribution in [0.1, 0.15) is 112 Å². The maximum Gasteiger partial charge on any atom is 0.331 e. The van der Waals surface area contributed by atoms with Crippen molar-refractivity contribution in [2.75, 3.05) is 13.2 Å². The number of aromatic nitrogens is 4. The minimum atomic E-state index is -0.234. The Bertz CT molecular complexity index is 1190. The van der Waals surface area contributed by atoms with Crippen molar-refractivity contribution in [2.45, 2.75) is 138 Å². The normalized spacial score (nSPS) is 13.5. The number of hydrogen-bond acceptors (Lipinski definition) is 5. The average molecular weight is 591 g/mol. The molecule has 2 rings (SSSR count). The van der Waals surface area contributed by atoms with E-state index in [4.69, 9.17) is 4.74 Å². The third-order valence-corrected chi connectivity index (χ3v) is 9.64. The first-order chi connectivity index (χ1) is 20.1. The second kappa shape index (κ2) is 17.4. The van der Waals surface area contributed by atoms with Crippen molar-refractivity contribution < 1.29 is 14.9 Å². The van der Waals surface area contributed by atoms with E-state index in [1.54, 1.807) is 4.57 Å². The van der Waals surface area contributed by atoms with Crippen molar-refractivity contribution in [3.63, 3.8) is 0 Å². The van der Waals surface area contributed by atoms with Crippen LogP contribution in [-0.4, -0.2) is 41.7 Å². The van der Waals surface area contributed by atoms with Gasteiger partial charge in [0.25, 0.3) is 0 Å². The number of nitrogens with zero attached hydrogens (tertiary/aromatic N) is 4. The molecule has 0 amide bonds. The van der Waals surface area contributed by atoms with Gasteiger partial charge in [0.15, 0.2) is 0 Å². The van der Waals surface area contributed by atoms with E-state index in [-0.39, 0.29) is 28.6 Å². The zero-order valence-electron chi connectivity index (χ0n) is 27.1. The van der Waals surface area contributed by atoms with Crippen molar-refractivity contribution in [1.29, 1.82) is 0 Å². The fraction of sp³-hybridized carbons (Fsp3) is 0.758. The first kappa shape index (κ1) is 35.5. The summed E-state index contributed by atoms with van der Waals surface area (Å²) in [6, 6.07) is 0. The fourth-order valence-corrected chi connectivity index (χ4v) is 6.18. The molecule has 2 heterocycles. The molecule has 0 bridgehead atoms. The van der Waals surface area contributed by atoms with Gasteiger partial charge in [-0.15, -0.1) is 6.58 Å². The monoisotopic (exact) mass is 590 g/mol. The van der Waals surface area contributed by atoms with Gasteiger partial charge in [-0.25, -0.2) is 9.59 Å². The van der Waals surface area contributed by atoms with Crippen molar-refractivity contribution in [3.8, 4) is 11.8 Å². The molecule has 0 radical (unpaired) electrons. The maximum absolute atomic E-state index is 12.6. The van der Waals surface area contributed by atoms with Crippen molar-refractivity contribution in [3.05, 3.63) is 46.0 Å². The molecule has 1 atom stereocenters. The smallest absolute Gasteiger partial charge is 0.331 e. The van der Waals surface area contributed by atoms with Crippen LogP contribution in [0.15, 0.2) is 34.6 Å². The van der Waals surface area contributed by atoms with Gasteiger partial charge in [0.1, 0.15) is 0 Å². The van der Waals surface area contributed by atoms with E-state index in [1.807, 2.05) is 19.9 Å². The van der Waals surface area contributed by atoms with E-state index in [9.17, 15) is 19.8 Å². The molecule has 0 aliphatic heterocycles. The van der Waals surface area contributed by atoms with Crippen LogP contribution >= 0.6 is 0 Å². The lowest BCUT2D eigenvalue weighted by Gasteiger charge is -2.32. The average Bonchev–Trinajstić information content (AvgIpc) is 3.44. The zero-order valence-corrected chi connectivity index (χ0v) is 27.1. The van der Waals surface area contributed by atoms with Crippen LogP contribution in [0.5, 0.6) is 11.8 Å². The van der Waals surface area contributed by atoms with Gasteiger partial charge in [-0.3, -0.25) is 18.3 Å². The van der Waals surface area contributed by atoms with Crippen LogP contribution in [0, 0.1) is 10.8 Å². The molecule has 0 aromatic carbocycles. The Morgan fingerprint density at radius 2 is 1.24 bits per heavy atom. The molecular weight excluding hydrogens is 532 g/mol. The van der Waals surface area contributed by atoms with Gasteiger partial charge in [0.05, 0.1) is 12.4 Å². The summed E-state index contributed by atoms with van der Waals surface area (Å²) in [5, 5.41) is 20.4. The Morgan fingerprint density at radius 3 is 1.71 bits per heavy atom. The number of unbranched alkanes of at least 4 members (excludes halogenated alkanes) is 3. The van der Waals surface area contributed by atoms with Crippen LogP contribution in [-0.2, 0) is 30.9 Å². The summed E-state index contributed by atoms with van der Waals surface area (Å²) in [6.07, 6.45) is 17.4. The Hall–Kier alpha value is -2.68. The number of ether oxygens (including phenoxy) is 1. The van der Waals surface area contributed by atoms with Crippen molar-refractivity contribution >= 4 is 0 Å². The van der Waals surface area contributed by atoms with Gasteiger partial charge in [0, 0.05) is 44.8 Å². The highest BCUT2D eigenvalue weighted by molar-refractivity contribution is 5.08. The lowest BCUT2D eigenvalue weighted by molar-refractivity contribution is 0.116. The number of allylic oxidation sites excluding steroid dienone is 1. The van der Waals surface area contributed by atoms with Crippen LogP contribution in [0.25, 0.3) is 0 Å². The first-order valence-electron chi connectivity index (χ1n) is 16.3. The Labute approximate surface area is 252 Å². The Kier molecular flexibility index (Phi) is 14.7. The molecule has 9 heteroatoms. The second-order valence-electron chi connectivity index (χ2n) is 12.0. The third kappa shape index (κ3) is 9.41. The lowest BCUT2D eigenvalue weighted by atomic mass is 9.74. The van der Waals surface area contributed by atoms with Gasteiger partial charge in [-0.1, -0.05) is 59.0 Å². The van der Waals surface area contributed by atoms with E-state index in [0.717, 1.165) is 83.8 Å². The molecule has 240 valence electrons. The molecule has 1 unspecified atom stereocenters. The minimum Gasteiger partial charge on any atom is -0.493 e. The summed E-state index contributed by atoms with van der Waals surface area (Å²) in [5.74, 6) is 0.0732. The topological polar surface area (TPSA) is 104 Å². The lowest BCUT2D eigenvalue weighted by Crippen LogP contribution is -2.31. The predicted molar refractivity (Wildman–Crippen MR) is 170 cm³/mol. The quantitative estimate of drug-likeness (QED) is 0.111. The van der Waals surface area contributed by atoms with Crippen LogP contribution in [0.2, 0.25) is 0 Å². The molecule has 0 saturated heterocycles. The number of aromatic hydroxyl groups is 2. The van der Waals surface area contributed by atoms with Gasteiger partial charge in [0.2, 0.25) is 11.8 Å². The van der Waals surface area contributed by atoms with Crippen molar-refractivity contribution in [1.82, 2.24) is 18.3 Å². The molecule has 0 saturated carbocycles. The standard InChI is InChI=1S/C33H58N4O5/c1-7-32(8-2,19-13-16-22-36-28(38)25-34(11-5)30(36)40)20-14-17-23-42-24-18-15-21-33(9-3,10-4)27-37-29(39)26-35(12-6)31(37)41/h9,25-26,38-39H,3,7-8,10-24,27H2,1-2,4-6H3. The minimum absolute atomic E-state index is 0.0137. The molecule has 42 heavy (non-hydrogen) atoms.